The van der Waals surface area contributed by atoms with Crippen molar-refractivity contribution < 1.29 is 24.2 Å². The van der Waals surface area contributed by atoms with Crippen molar-refractivity contribution in [3.05, 3.63) is 94.1 Å². The van der Waals surface area contributed by atoms with Crippen LogP contribution in [0.1, 0.15) is 32.6 Å². The topological polar surface area (TPSA) is 109 Å². The highest BCUT2D eigenvalue weighted by Gasteiger charge is 2.12. The van der Waals surface area contributed by atoms with Crippen LogP contribution in [0.3, 0.4) is 0 Å². The number of anilines is 1. The first kappa shape index (κ1) is 24.1. The number of nitrogens with zero attached hydrogens (tertiary/aromatic N) is 1. The van der Waals surface area contributed by atoms with E-state index in [2.05, 4.69) is 5.32 Å². The number of amides is 1. The van der Waals surface area contributed by atoms with E-state index in [-0.39, 0.29) is 17.7 Å². The molecule has 3 rings (SSSR count). The summed E-state index contributed by atoms with van der Waals surface area (Å²) in [7, 11) is 1.50. The molecule has 0 spiro atoms. The third-order valence-electron chi connectivity index (χ3n) is 5.22. The maximum atomic E-state index is 12.6. The van der Waals surface area contributed by atoms with E-state index in [9.17, 15) is 14.9 Å². The smallest absolute Gasteiger partial charge is 0.335 e. The van der Waals surface area contributed by atoms with Gasteiger partial charge in [0.05, 0.1) is 12.7 Å². The normalized spacial score (nSPS) is 10.8. The molecule has 0 heterocycles. The van der Waals surface area contributed by atoms with Gasteiger partial charge < -0.3 is 19.9 Å². The fraction of sp³-hybridized carbons (Fsp3) is 0.148. The second-order valence-corrected chi connectivity index (χ2v) is 7.62. The molecule has 0 aromatic heterocycles. The molecule has 0 fully saturated rings. The number of benzene rings is 3. The number of ether oxygens (including phenoxy) is 2. The Kier molecular flexibility index (Phi) is 7.67. The highest BCUT2D eigenvalue weighted by atomic mass is 16.5. The molecule has 172 valence electrons. The molecule has 0 radical (unpaired) electrons. The van der Waals surface area contributed by atoms with E-state index in [1.807, 2.05) is 32.0 Å². The van der Waals surface area contributed by atoms with Crippen molar-refractivity contribution in [2.75, 3.05) is 12.4 Å². The third kappa shape index (κ3) is 6.02. The van der Waals surface area contributed by atoms with Crippen LogP contribution in [0, 0.1) is 25.2 Å². The van der Waals surface area contributed by atoms with Crippen molar-refractivity contribution in [1.29, 1.82) is 5.26 Å². The summed E-state index contributed by atoms with van der Waals surface area (Å²) in [6.45, 7) is 4.15. The highest BCUT2D eigenvalue weighted by Crippen LogP contribution is 2.30. The number of hydrogen-bond donors (Lipinski definition) is 2. The summed E-state index contributed by atoms with van der Waals surface area (Å²) in [4.78, 5) is 23.6. The number of aromatic carboxylic acids is 1. The first-order chi connectivity index (χ1) is 16.3. The molecule has 3 aromatic carbocycles. The number of carboxylic acids is 1. The third-order valence-corrected chi connectivity index (χ3v) is 5.22. The standard InChI is InChI=1S/C27H24N2O5/c1-17-4-10-23(12-18(17)2)29-26(30)22(15-28)13-20-7-11-24(25(14-20)33-3)34-16-19-5-8-21(9-6-19)27(31)32/h4-14H,16H2,1-3H3,(H,29,30)(H,31,32)/b22-13-. The molecule has 0 saturated carbocycles. The van der Waals surface area contributed by atoms with Gasteiger partial charge in [0.25, 0.3) is 5.91 Å². The predicted octanol–water partition coefficient (Wildman–Crippen LogP) is 5.13. The van der Waals surface area contributed by atoms with E-state index in [1.165, 1.54) is 25.3 Å². The number of hydrogen-bond acceptors (Lipinski definition) is 5. The van der Waals surface area contributed by atoms with Crippen molar-refractivity contribution >= 4 is 23.6 Å². The summed E-state index contributed by atoms with van der Waals surface area (Å²) in [5.41, 5.74) is 4.32. The maximum absolute atomic E-state index is 12.6. The molecule has 1 amide bonds. The van der Waals surface area contributed by atoms with Crippen molar-refractivity contribution in [3.8, 4) is 17.6 Å². The van der Waals surface area contributed by atoms with Crippen LogP contribution >= 0.6 is 0 Å². The van der Waals surface area contributed by atoms with Gasteiger partial charge >= 0.3 is 5.97 Å². The van der Waals surface area contributed by atoms with Crippen molar-refractivity contribution in [2.45, 2.75) is 20.5 Å². The Bertz CT molecular complexity index is 1290. The lowest BCUT2D eigenvalue weighted by molar-refractivity contribution is -0.112. The summed E-state index contributed by atoms with van der Waals surface area (Å²) >= 11 is 0. The molecule has 3 aromatic rings. The Hall–Kier alpha value is -4.57. The second-order valence-electron chi connectivity index (χ2n) is 7.62. The summed E-state index contributed by atoms with van der Waals surface area (Å²) in [6, 6.07) is 19.0. The van der Waals surface area contributed by atoms with Crippen LogP contribution in [0.2, 0.25) is 0 Å². The minimum atomic E-state index is -0.989. The number of carbonyl (C=O) groups is 2. The Labute approximate surface area is 197 Å². The number of carboxylic acid groups (broad SMARTS) is 1. The Morgan fingerprint density at radius 2 is 1.74 bits per heavy atom. The molecule has 0 aliphatic rings. The van der Waals surface area contributed by atoms with Crippen molar-refractivity contribution in [3.63, 3.8) is 0 Å². The monoisotopic (exact) mass is 456 g/mol. The van der Waals surface area contributed by atoms with Crippen LogP contribution in [0.25, 0.3) is 6.08 Å². The zero-order valence-corrected chi connectivity index (χ0v) is 19.1. The first-order valence-corrected chi connectivity index (χ1v) is 10.4. The number of carbonyl (C=O) groups excluding carboxylic acids is 1. The number of nitrogens with one attached hydrogen (secondary N) is 1. The molecule has 0 atom stereocenters. The van der Waals surface area contributed by atoms with E-state index in [0.717, 1.165) is 16.7 Å². The molecule has 7 heteroatoms. The van der Waals surface area contributed by atoms with Gasteiger partial charge in [0, 0.05) is 5.69 Å². The van der Waals surface area contributed by atoms with Gasteiger partial charge in [-0.15, -0.1) is 0 Å². The predicted molar refractivity (Wildman–Crippen MR) is 129 cm³/mol. The zero-order valence-electron chi connectivity index (χ0n) is 19.1. The first-order valence-electron chi connectivity index (χ1n) is 10.4. The molecule has 2 N–H and O–H groups in total. The van der Waals surface area contributed by atoms with Crippen molar-refractivity contribution in [2.24, 2.45) is 0 Å². The summed E-state index contributed by atoms with van der Waals surface area (Å²) in [5, 5.41) is 21.2. The SMILES string of the molecule is COc1cc(/C=C(/C#N)C(=O)Nc2ccc(C)c(C)c2)ccc1OCc1ccc(C(=O)O)cc1. The van der Waals surface area contributed by atoms with Gasteiger partial charge in [-0.05, 0) is 78.6 Å². The molecule has 34 heavy (non-hydrogen) atoms. The molecular weight excluding hydrogens is 432 g/mol. The van der Waals surface area contributed by atoms with E-state index < -0.39 is 11.9 Å². The minimum absolute atomic E-state index is 0.0486. The van der Waals surface area contributed by atoms with Crippen LogP contribution in [0.4, 0.5) is 5.69 Å². The number of rotatable bonds is 8. The van der Waals surface area contributed by atoms with Gasteiger partial charge in [0.15, 0.2) is 11.5 Å². The van der Waals surface area contributed by atoms with Gasteiger partial charge in [-0.2, -0.15) is 5.26 Å². The lowest BCUT2D eigenvalue weighted by atomic mass is 10.1. The molecule has 0 aliphatic carbocycles. The molecule has 7 nitrogen and oxygen atoms in total. The molecule has 0 unspecified atom stereocenters. The van der Waals surface area contributed by atoms with E-state index in [0.29, 0.717) is 22.7 Å². The Balaban J connectivity index is 1.73. The molecule has 0 aliphatic heterocycles. The fourth-order valence-electron chi connectivity index (χ4n) is 3.13. The van der Waals surface area contributed by atoms with E-state index in [4.69, 9.17) is 14.6 Å². The van der Waals surface area contributed by atoms with Crippen molar-refractivity contribution in [1.82, 2.24) is 0 Å². The van der Waals surface area contributed by atoms with E-state index in [1.54, 1.807) is 36.4 Å². The number of aryl methyl sites for hydroxylation is 2. The largest absolute Gasteiger partial charge is 0.493 e. The summed E-state index contributed by atoms with van der Waals surface area (Å²) < 4.78 is 11.2. The molecular formula is C27H24N2O5. The summed E-state index contributed by atoms with van der Waals surface area (Å²) in [5.74, 6) is -0.588. The Morgan fingerprint density at radius 1 is 1.00 bits per heavy atom. The fourth-order valence-corrected chi connectivity index (χ4v) is 3.13. The summed E-state index contributed by atoms with van der Waals surface area (Å²) in [6.07, 6.45) is 1.48. The lowest BCUT2D eigenvalue weighted by Crippen LogP contribution is -2.13. The molecule has 0 bridgehead atoms. The van der Waals surface area contributed by atoms with Crippen LogP contribution in [0.15, 0.2) is 66.2 Å². The van der Waals surface area contributed by atoms with Gasteiger partial charge in [0.1, 0.15) is 18.2 Å². The van der Waals surface area contributed by atoms with Crippen LogP contribution in [0.5, 0.6) is 11.5 Å². The average Bonchev–Trinajstić information content (AvgIpc) is 2.83. The Morgan fingerprint density at radius 3 is 2.35 bits per heavy atom. The van der Waals surface area contributed by atoms with E-state index >= 15 is 0 Å². The van der Waals surface area contributed by atoms with Gasteiger partial charge in [0.2, 0.25) is 0 Å². The number of nitriles is 1. The maximum Gasteiger partial charge on any atom is 0.335 e. The van der Waals surface area contributed by atoms with Gasteiger partial charge in [-0.1, -0.05) is 24.3 Å². The van der Waals surface area contributed by atoms with Crippen LogP contribution in [-0.2, 0) is 11.4 Å². The molecule has 0 saturated heterocycles. The van der Waals surface area contributed by atoms with Gasteiger partial charge in [-0.25, -0.2) is 4.79 Å². The van der Waals surface area contributed by atoms with Crippen LogP contribution in [-0.4, -0.2) is 24.1 Å². The quantitative estimate of drug-likeness (QED) is 0.359. The number of methoxy groups -OCH3 is 1. The average molecular weight is 456 g/mol. The highest BCUT2D eigenvalue weighted by molar-refractivity contribution is 6.09. The van der Waals surface area contributed by atoms with Crippen LogP contribution < -0.4 is 14.8 Å². The van der Waals surface area contributed by atoms with Gasteiger partial charge in [-0.3, -0.25) is 4.79 Å². The second kappa shape index (κ2) is 10.8. The zero-order chi connectivity index (χ0) is 24.7. The lowest BCUT2D eigenvalue weighted by Gasteiger charge is -2.12. The minimum Gasteiger partial charge on any atom is -0.493 e.